The smallest absolute Gasteiger partial charge is 0.144 e. The molecule has 0 saturated carbocycles. The zero-order valence-corrected chi connectivity index (χ0v) is 22.8. The fourth-order valence-corrected chi connectivity index (χ4v) is 5.78. The van der Waals surface area contributed by atoms with Gasteiger partial charge in [0.15, 0.2) is 0 Å². The third-order valence-electron chi connectivity index (χ3n) is 6.78. The lowest BCUT2D eigenvalue weighted by Gasteiger charge is -2.32. The number of methoxy groups -OCH3 is 1. The van der Waals surface area contributed by atoms with Crippen LogP contribution in [-0.2, 0) is 19.4 Å². The summed E-state index contributed by atoms with van der Waals surface area (Å²) in [5, 5.41) is 5.47. The van der Waals surface area contributed by atoms with Crippen molar-refractivity contribution in [2.45, 2.75) is 40.2 Å². The Kier molecular flexibility index (Phi) is 7.24. The minimum atomic E-state index is 0.805. The maximum absolute atomic E-state index is 5.57. The molecule has 0 spiro atoms. The minimum absolute atomic E-state index is 0.805. The van der Waals surface area contributed by atoms with E-state index in [2.05, 4.69) is 82.6 Å². The Morgan fingerprint density at radius 1 is 1.16 bits per heavy atom. The van der Waals surface area contributed by atoms with E-state index in [1.165, 1.54) is 27.3 Å². The van der Waals surface area contributed by atoms with E-state index in [9.17, 15) is 0 Å². The van der Waals surface area contributed by atoms with E-state index in [1.807, 2.05) is 29.9 Å². The lowest BCUT2D eigenvalue weighted by Crippen LogP contribution is -2.28. The Morgan fingerprint density at radius 2 is 2.03 bits per heavy atom. The Balaban J connectivity index is 1.29. The first-order valence-electron chi connectivity index (χ1n) is 12.5. The number of fused-ring (bicyclic) bond motifs is 1. The monoisotopic (exact) mass is 511 g/mol. The zero-order chi connectivity index (χ0) is 25.9. The summed E-state index contributed by atoms with van der Waals surface area (Å²) in [7, 11) is 1.69. The van der Waals surface area contributed by atoms with Crippen LogP contribution >= 0.6 is 11.8 Å². The third-order valence-corrected chi connectivity index (χ3v) is 7.92. The molecule has 0 bridgehead atoms. The predicted octanol–water partition coefficient (Wildman–Crippen LogP) is 6.39. The highest BCUT2D eigenvalue weighted by molar-refractivity contribution is 8.06. The highest BCUT2D eigenvalue weighted by Crippen LogP contribution is 2.34. The van der Waals surface area contributed by atoms with Gasteiger partial charge >= 0.3 is 0 Å². The van der Waals surface area contributed by atoms with Gasteiger partial charge in [0.1, 0.15) is 17.3 Å². The van der Waals surface area contributed by atoms with Crippen LogP contribution in [0.15, 0.2) is 83.6 Å². The van der Waals surface area contributed by atoms with Crippen LogP contribution in [-0.4, -0.2) is 37.9 Å². The molecule has 6 nitrogen and oxygen atoms in total. The maximum atomic E-state index is 5.57. The first-order valence-corrected chi connectivity index (χ1v) is 13.4. The van der Waals surface area contributed by atoms with Crippen LogP contribution in [0.4, 0.5) is 0 Å². The van der Waals surface area contributed by atoms with Gasteiger partial charge in [0.05, 0.1) is 17.8 Å². The Morgan fingerprint density at radius 3 is 2.73 bits per heavy atom. The van der Waals surface area contributed by atoms with Crippen LogP contribution < -0.4 is 4.74 Å². The largest absolute Gasteiger partial charge is 0.494 e. The van der Waals surface area contributed by atoms with Crippen molar-refractivity contribution in [2.24, 2.45) is 0 Å². The van der Waals surface area contributed by atoms with Crippen LogP contribution in [0.5, 0.6) is 5.75 Å². The van der Waals surface area contributed by atoms with Gasteiger partial charge in [-0.15, -0.1) is 0 Å². The molecular formula is C30H33N5OS. The van der Waals surface area contributed by atoms with E-state index in [0.717, 1.165) is 53.9 Å². The number of imidazole rings is 1. The number of thioether (sulfide) groups is 1. The average Bonchev–Trinajstić information content (AvgIpc) is 3.57. The van der Waals surface area contributed by atoms with E-state index in [4.69, 9.17) is 4.74 Å². The topological polar surface area (TPSA) is 48.1 Å². The molecule has 37 heavy (non-hydrogen) atoms. The maximum Gasteiger partial charge on any atom is 0.144 e. The van der Waals surface area contributed by atoms with Crippen molar-refractivity contribution >= 4 is 11.8 Å². The van der Waals surface area contributed by atoms with Crippen LogP contribution in [0, 0.1) is 13.8 Å². The van der Waals surface area contributed by atoms with Crippen molar-refractivity contribution in [3.05, 3.63) is 112 Å². The quantitative estimate of drug-likeness (QED) is 0.274. The molecule has 1 aliphatic heterocycles. The summed E-state index contributed by atoms with van der Waals surface area (Å²) in [4.78, 5) is 8.23. The van der Waals surface area contributed by atoms with Crippen LogP contribution in [0.25, 0.3) is 11.4 Å². The van der Waals surface area contributed by atoms with Crippen molar-refractivity contribution in [3.8, 4) is 17.1 Å². The summed E-state index contributed by atoms with van der Waals surface area (Å²) in [6, 6.07) is 15.0. The number of hydrogen-bond acceptors (Lipinski definition) is 5. The Bertz CT molecular complexity index is 1450. The third kappa shape index (κ3) is 5.37. The molecule has 2 aromatic carbocycles. The highest BCUT2D eigenvalue weighted by Gasteiger charge is 2.20. The lowest BCUT2D eigenvalue weighted by atomic mass is 9.99. The molecule has 3 heterocycles. The number of aromatic nitrogens is 4. The van der Waals surface area contributed by atoms with Crippen LogP contribution in [0.1, 0.15) is 35.1 Å². The normalized spacial score (nSPS) is 13.5. The van der Waals surface area contributed by atoms with Crippen LogP contribution in [0.3, 0.4) is 0 Å². The molecule has 5 rings (SSSR count). The molecule has 0 atom stereocenters. The minimum Gasteiger partial charge on any atom is -0.494 e. The van der Waals surface area contributed by atoms with Gasteiger partial charge in [0, 0.05) is 43.8 Å². The van der Waals surface area contributed by atoms with E-state index in [0.29, 0.717) is 0 Å². The Labute approximate surface area is 223 Å². The van der Waals surface area contributed by atoms with Gasteiger partial charge in [0.2, 0.25) is 0 Å². The second kappa shape index (κ2) is 10.7. The number of hydrogen-bond donors (Lipinski definition) is 0. The number of benzene rings is 2. The van der Waals surface area contributed by atoms with Gasteiger partial charge in [-0.05, 0) is 79.1 Å². The predicted molar refractivity (Wildman–Crippen MR) is 151 cm³/mol. The molecule has 7 heteroatoms. The van der Waals surface area contributed by atoms with Crippen molar-refractivity contribution in [1.29, 1.82) is 0 Å². The molecule has 0 amide bonds. The zero-order valence-electron chi connectivity index (χ0n) is 21.9. The molecule has 0 N–H and O–H groups in total. The van der Waals surface area contributed by atoms with Gasteiger partial charge in [-0.25, -0.2) is 9.67 Å². The molecule has 0 aliphatic carbocycles. The van der Waals surface area contributed by atoms with Crippen molar-refractivity contribution < 1.29 is 4.74 Å². The van der Waals surface area contributed by atoms with Gasteiger partial charge in [-0.1, -0.05) is 36.5 Å². The molecule has 2 aromatic heterocycles. The fraction of sp³-hybridized carbons (Fsp3) is 0.267. The molecule has 0 unspecified atom stereocenters. The summed E-state index contributed by atoms with van der Waals surface area (Å²) < 4.78 is 9.58. The average molecular weight is 512 g/mol. The van der Waals surface area contributed by atoms with E-state index < -0.39 is 0 Å². The molecular weight excluding hydrogens is 478 g/mol. The molecule has 0 fully saturated rings. The summed E-state index contributed by atoms with van der Waals surface area (Å²) in [5.41, 5.74) is 7.13. The lowest BCUT2D eigenvalue weighted by molar-refractivity contribution is 0.345. The summed E-state index contributed by atoms with van der Waals surface area (Å²) in [6.45, 7) is 12.5. The number of ether oxygens (including phenoxy) is 1. The first kappa shape index (κ1) is 25.0. The molecule has 190 valence electrons. The van der Waals surface area contributed by atoms with E-state index in [-0.39, 0.29) is 0 Å². The molecule has 0 saturated heterocycles. The van der Waals surface area contributed by atoms with E-state index in [1.54, 1.807) is 25.1 Å². The van der Waals surface area contributed by atoms with Crippen molar-refractivity contribution in [3.63, 3.8) is 0 Å². The summed E-state index contributed by atoms with van der Waals surface area (Å²) in [6.07, 6.45) is 9.85. The number of nitrogens with zero attached hydrogens (tertiary/aromatic N) is 5. The SMILES string of the molecule is C=C(S/C(=C\C)Cc1ccc(OC)c(-n2cccn2)c1)N1CCc2ccc(-n3cc(C)nc3C)cc2C1. The number of rotatable bonds is 8. The Hall–Kier alpha value is -3.71. The summed E-state index contributed by atoms with van der Waals surface area (Å²) >= 11 is 1.76. The standard InChI is InChI=1S/C30H33N5OS/c1-6-28(16-24-8-11-30(36-5)29(17-24)35-14-7-13-31-35)37-23(4)33-15-12-25-9-10-27(18-26(25)20-33)34-19-21(2)32-22(34)3/h6-11,13-14,17-19H,4,12,15-16,20H2,1-3,5H3/b28-6-. The molecule has 0 radical (unpaired) electrons. The highest BCUT2D eigenvalue weighted by atomic mass is 32.2. The summed E-state index contributed by atoms with van der Waals surface area (Å²) in [5.74, 6) is 1.82. The van der Waals surface area contributed by atoms with Gasteiger partial charge in [-0.3, -0.25) is 0 Å². The molecule has 4 aromatic rings. The first-order chi connectivity index (χ1) is 17.9. The number of allylic oxidation sites excluding steroid dienone is 2. The number of aryl methyl sites for hydroxylation is 2. The van der Waals surface area contributed by atoms with Gasteiger partial charge < -0.3 is 14.2 Å². The second-order valence-corrected chi connectivity index (χ2v) is 10.5. The fourth-order valence-electron chi connectivity index (χ4n) is 4.84. The van der Waals surface area contributed by atoms with E-state index >= 15 is 0 Å². The van der Waals surface area contributed by atoms with Gasteiger partial charge in [0.25, 0.3) is 0 Å². The van der Waals surface area contributed by atoms with Crippen LogP contribution in [0.2, 0.25) is 0 Å². The second-order valence-electron chi connectivity index (χ2n) is 9.31. The van der Waals surface area contributed by atoms with Gasteiger partial charge in [-0.2, -0.15) is 5.10 Å². The van der Waals surface area contributed by atoms with Crippen molar-refractivity contribution in [1.82, 2.24) is 24.2 Å². The van der Waals surface area contributed by atoms with Crippen molar-refractivity contribution in [2.75, 3.05) is 13.7 Å². The molecule has 1 aliphatic rings.